The van der Waals surface area contributed by atoms with Crippen molar-refractivity contribution in [3.05, 3.63) is 12.2 Å². The standard InChI is InChI=1S/C24H44O6Si/c1-15(2)31(16(3)4,17(5)6)28-14-18(7)19(8)21-13-24(10,30-20(9)25)22(29-21)11-12-23(26)27/h15-18,21-22H,8,11-14H2,1-7,9-10H3,(H,26,27)/t18-,21-,22-,24-/m1/s1. The summed E-state index contributed by atoms with van der Waals surface area (Å²) in [6.45, 7) is 23.8. The van der Waals surface area contributed by atoms with E-state index < -0.39 is 32.0 Å². The number of aliphatic carboxylic acids is 1. The molecule has 1 aliphatic rings. The van der Waals surface area contributed by atoms with Gasteiger partial charge in [-0.3, -0.25) is 9.59 Å². The molecule has 0 spiro atoms. The van der Waals surface area contributed by atoms with Crippen molar-refractivity contribution in [1.82, 2.24) is 0 Å². The van der Waals surface area contributed by atoms with Gasteiger partial charge in [0.25, 0.3) is 0 Å². The molecule has 0 aromatic heterocycles. The number of carbonyl (C=O) groups is 2. The maximum Gasteiger partial charge on any atom is 0.303 e. The maximum atomic E-state index is 11.7. The van der Waals surface area contributed by atoms with Gasteiger partial charge in [0, 0.05) is 32.3 Å². The largest absolute Gasteiger partial charge is 0.481 e. The van der Waals surface area contributed by atoms with Crippen molar-refractivity contribution in [2.24, 2.45) is 5.92 Å². The molecule has 0 bridgehead atoms. The summed E-state index contributed by atoms with van der Waals surface area (Å²) in [5.74, 6) is -1.21. The van der Waals surface area contributed by atoms with E-state index in [-0.39, 0.29) is 24.9 Å². The van der Waals surface area contributed by atoms with Crippen LogP contribution in [0.15, 0.2) is 12.2 Å². The molecule has 0 aliphatic carbocycles. The van der Waals surface area contributed by atoms with Gasteiger partial charge < -0.3 is 19.0 Å². The zero-order valence-corrected chi connectivity index (χ0v) is 22.0. The zero-order valence-electron chi connectivity index (χ0n) is 21.0. The van der Waals surface area contributed by atoms with Crippen molar-refractivity contribution >= 4 is 20.3 Å². The van der Waals surface area contributed by atoms with E-state index in [2.05, 4.69) is 55.0 Å². The van der Waals surface area contributed by atoms with E-state index in [1.54, 1.807) is 0 Å². The Balaban J connectivity index is 2.93. The van der Waals surface area contributed by atoms with Crippen LogP contribution in [-0.2, 0) is 23.5 Å². The summed E-state index contributed by atoms with van der Waals surface area (Å²) in [6, 6.07) is 0. The second-order valence-corrected chi connectivity index (χ2v) is 15.7. The van der Waals surface area contributed by atoms with Gasteiger partial charge in [0.2, 0.25) is 0 Å². The first-order valence-electron chi connectivity index (χ1n) is 11.6. The number of hydrogen-bond donors (Lipinski definition) is 1. The van der Waals surface area contributed by atoms with E-state index in [1.165, 1.54) is 6.92 Å². The molecule has 1 fully saturated rings. The van der Waals surface area contributed by atoms with Gasteiger partial charge in [0.1, 0.15) is 5.60 Å². The lowest BCUT2D eigenvalue weighted by Gasteiger charge is -2.43. The molecular weight excluding hydrogens is 412 g/mol. The number of carboxylic acids is 1. The first-order valence-corrected chi connectivity index (χ1v) is 13.7. The van der Waals surface area contributed by atoms with Crippen LogP contribution in [0, 0.1) is 5.92 Å². The average Bonchev–Trinajstić information content (AvgIpc) is 2.93. The van der Waals surface area contributed by atoms with Crippen molar-refractivity contribution in [2.75, 3.05) is 6.61 Å². The first kappa shape index (κ1) is 27.9. The number of carboxylic acid groups (broad SMARTS) is 1. The second kappa shape index (κ2) is 11.1. The Morgan fingerprint density at radius 1 is 1.13 bits per heavy atom. The highest BCUT2D eigenvalue weighted by atomic mass is 28.4. The quantitative estimate of drug-likeness (QED) is 0.230. The molecule has 6 nitrogen and oxygen atoms in total. The van der Waals surface area contributed by atoms with Gasteiger partial charge in [-0.05, 0) is 35.5 Å². The predicted octanol–water partition coefficient (Wildman–Crippen LogP) is 5.71. The van der Waals surface area contributed by atoms with Crippen molar-refractivity contribution < 1.29 is 28.6 Å². The molecule has 0 saturated carbocycles. The van der Waals surface area contributed by atoms with Crippen LogP contribution < -0.4 is 0 Å². The summed E-state index contributed by atoms with van der Waals surface area (Å²) in [5, 5.41) is 9.08. The normalized spacial score (nSPS) is 25.3. The molecule has 31 heavy (non-hydrogen) atoms. The van der Waals surface area contributed by atoms with Gasteiger partial charge in [0.05, 0.1) is 12.2 Å². The number of hydrogen-bond acceptors (Lipinski definition) is 5. The Labute approximate surface area is 189 Å². The summed E-state index contributed by atoms with van der Waals surface area (Å²) >= 11 is 0. The maximum absolute atomic E-state index is 11.7. The average molecular weight is 457 g/mol. The SMILES string of the molecule is C=C([C@H](C)CO[Si](C(C)C)(C(C)C)C(C)C)[C@H]1C[C@@](C)(OC(C)=O)[C@@H](CCC(=O)O)O1. The third kappa shape index (κ3) is 6.65. The molecule has 1 aliphatic heterocycles. The molecule has 1 saturated heterocycles. The Hall–Kier alpha value is -1.18. The molecule has 1 heterocycles. The van der Waals surface area contributed by atoms with Gasteiger partial charge in [-0.25, -0.2) is 0 Å². The van der Waals surface area contributed by atoms with Crippen LogP contribution in [0.5, 0.6) is 0 Å². The predicted molar refractivity (Wildman–Crippen MR) is 126 cm³/mol. The highest BCUT2D eigenvalue weighted by Crippen LogP contribution is 2.44. The minimum absolute atomic E-state index is 0.0370. The van der Waals surface area contributed by atoms with Crippen molar-refractivity contribution in [2.45, 2.75) is 116 Å². The summed E-state index contributed by atoms with van der Waals surface area (Å²) < 4.78 is 18.5. The van der Waals surface area contributed by atoms with Crippen molar-refractivity contribution in [3.8, 4) is 0 Å². The van der Waals surface area contributed by atoms with Crippen LogP contribution in [0.1, 0.15) is 81.6 Å². The lowest BCUT2D eigenvalue weighted by atomic mass is 9.88. The van der Waals surface area contributed by atoms with E-state index in [9.17, 15) is 9.59 Å². The Morgan fingerprint density at radius 2 is 1.65 bits per heavy atom. The van der Waals surface area contributed by atoms with Crippen LogP contribution in [0.25, 0.3) is 0 Å². The van der Waals surface area contributed by atoms with E-state index in [1.807, 2.05) is 6.92 Å². The molecule has 0 amide bonds. The fourth-order valence-corrected chi connectivity index (χ4v) is 10.9. The molecule has 7 heteroatoms. The fourth-order valence-electron chi connectivity index (χ4n) is 5.37. The van der Waals surface area contributed by atoms with Gasteiger partial charge >= 0.3 is 11.9 Å². The van der Waals surface area contributed by atoms with E-state index in [0.717, 1.165) is 5.57 Å². The van der Waals surface area contributed by atoms with E-state index in [4.69, 9.17) is 19.0 Å². The molecule has 0 radical (unpaired) electrons. The lowest BCUT2D eigenvalue weighted by Crippen LogP contribution is -2.48. The molecule has 1 N–H and O–H groups in total. The summed E-state index contributed by atoms with van der Waals surface area (Å²) in [5.41, 5.74) is 1.56. The molecule has 0 unspecified atom stereocenters. The van der Waals surface area contributed by atoms with Crippen LogP contribution in [-0.4, -0.2) is 49.8 Å². The molecule has 180 valence electrons. The monoisotopic (exact) mass is 456 g/mol. The third-order valence-electron chi connectivity index (χ3n) is 6.93. The van der Waals surface area contributed by atoms with Gasteiger partial charge in [-0.2, -0.15) is 0 Å². The Bertz CT molecular complexity index is 622. The third-order valence-corrected chi connectivity index (χ3v) is 13.0. The molecule has 0 aromatic carbocycles. The summed E-state index contributed by atoms with van der Waals surface area (Å²) in [4.78, 5) is 22.7. The Kier molecular flexibility index (Phi) is 9.97. The first-order chi connectivity index (χ1) is 14.2. The fraction of sp³-hybridized carbons (Fsp3) is 0.833. The second-order valence-electron chi connectivity index (χ2n) is 10.3. The van der Waals surface area contributed by atoms with Crippen LogP contribution in [0.4, 0.5) is 0 Å². The number of rotatable bonds is 12. The van der Waals surface area contributed by atoms with Gasteiger partial charge in [0.15, 0.2) is 8.32 Å². The minimum atomic E-state index is -1.98. The smallest absolute Gasteiger partial charge is 0.303 e. The topological polar surface area (TPSA) is 82.1 Å². The van der Waals surface area contributed by atoms with Crippen LogP contribution in [0.3, 0.4) is 0 Å². The van der Waals surface area contributed by atoms with E-state index >= 15 is 0 Å². The molecular formula is C24H44O6Si. The minimum Gasteiger partial charge on any atom is -0.481 e. The summed E-state index contributed by atoms with van der Waals surface area (Å²) in [7, 11) is -1.98. The van der Waals surface area contributed by atoms with Crippen LogP contribution >= 0.6 is 0 Å². The van der Waals surface area contributed by atoms with Crippen molar-refractivity contribution in [3.63, 3.8) is 0 Å². The summed E-state index contributed by atoms with van der Waals surface area (Å²) in [6.07, 6.45) is -0.0447. The van der Waals surface area contributed by atoms with E-state index in [0.29, 0.717) is 29.7 Å². The van der Waals surface area contributed by atoms with Crippen molar-refractivity contribution in [1.29, 1.82) is 0 Å². The zero-order chi connectivity index (χ0) is 24.1. The lowest BCUT2D eigenvalue weighted by molar-refractivity contribution is -0.161. The van der Waals surface area contributed by atoms with Crippen LogP contribution in [0.2, 0.25) is 16.6 Å². The highest BCUT2D eigenvalue weighted by Gasteiger charge is 2.49. The molecule has 0 aromatic rings. The van der Waals surface area contributed by atoms with Gasteiger partial charge in [-0.15, -0.1) is 0 Å². The highest BCUT2D eigenvalue weighted by molar-refractivity contribution is 6.77. The Morgan fingerprint density at radius 3 is 2.06 bits per heavy atom. The molecule has 1 rings (SSSR count). The van der Waals surface area contributed by atoms with Gasteiger partial charge in [-0.1, -0.05) is 55.0 Å². The molecule has 4 atom stereocenters. The number of carbonyl (C=O) groups excluding carboxylic acids is 1. The number of esters is 1. The number of ether oxygens (including phenoxy) is 2.